The second-order valence-corrected chi connectivity index (χ2v) is 4.75. The zero-order valence-corrected chi connectivity index (χ0v) is 11.7. The summed E-state index contributed by atoms with van der Waals surface area (Å²) in [6.07, 6.45) is 4.80. The van der Waals surface area contributed by atoms with Gasteiger partial charge in [0, 0.05) is 18.8 Å². The minimum absolute atomic E-state index is 0.176. The molecule has 0 bridgehead atoms. The number of hydrogen-bond donors (Lipinski definition) is 1. The van der Waals surface area contributed by atoms with Gasteiger partial charge in [-0.2, -0.15) is 5.10 Å². The van der Waals surface area contributed by atoms with Gasteiger partial charge >= 0.3 is 0 Å². The SMILES string of the molecule is CCn1cc(CC(NC)c2ccc(F)cc2C)cn1. The van der Waals surface area contributed by atoms with Gasteiger partial charge in [-0.15, -0.1) is 0 Å². The molecule has 1 atom stereocenters. The molecule has 1 N–H and O–H groups in total. The number of aryl methyl sites for hydroxylation is 2. The summed E-state index contributed by atoms with van der Waals surface area (Å²) in [5.41, 5.74) is 3.29. The predicted octanol–water partition coefficient (Wildman–Crippen LogP) is 2.85. The quantitative estimate of drug-likeness (QED) is 0.897. The number of rotatable bonds is 5. The highest BCUT2D eigenvalue weighted by molar-refractivity contribution is 5.30. The van der Waals surface area contributed by atoms with Gasteiger partial charge in [-0.3, -0.25) is 4.68 Å². The molecule has 1 unspecified atom stereocenters. The van der Waals surface area contributed by atoms with E-state index in [0.29, 0.717) is 0 Å². The van der Waals surface area contributed by atoms with Crippen LogP contribution >= 0.6 is 0 Å². The van der Waals surface area contributed by atoms with E-state index in [1.165, 1.54) is 11.6 Å². The summed E-state index contributed by atoms with van der Waals surface area (Å²) in [6.45, 7) is 4.88. The van der Waals surface area contributed by atoms with E-state index < -0.39 is 0 Å². The Bertz CT molecular complexity index is 548. The van der Waals surface area contributed by atoms with Crippen LogP contribution in [0.25, 0.3) is 0 Å². The molecule has 102 valence electrons. The van der Waals surface area contributed by atoms with E-state index in [9.17, 15) is 4.39 Å². The van der Waals surface area contributed by atoms with E-state index in [1.807, 2.05) is 30.9 Å². The first-order chi connectivity index (χ1) is 9.13. The van der Waals surface area contributed by atoms with E-state index in [0.717, 1.165) is 24.1 Å². The predicted molar refractivity (Wildman–Crippen MR) is 74.5 cm³/mol. The van der Waals surface area contributed by atoms with E-state index in [4.69, 9.17) is 0 Å². The first-order valence-corrected chi connectivity index (χ1v) is 6.58. The summed E-state index contributed by atoms with van der Waals surface area (Å²) in [5, 5.41) is 7.58. The number of benzene rings is 1. The molecule has 0 fully saturated rings. The van der Waals surface area contributed by atoms with Gasteiger partial charge in [0.05, 0.1) is 6.20 Å². The van der Waals surface area contributed by atoms with Crippen LogP contribution in [-0.4, -0.2) is 16.8 Å². The van der Waals surface area contributed by atoms with Crippen LogP contribution in [0.2, 0.25) is 0 Å². The van der Waals surface area contributed by atoms with Gasteiger partial charge < -0.3 is 5.32 Å². The lowest BCUT2D eigenvalue weighted by molar-refractivity contribution is 0.581. The molecular weight excluding hydrogens is 241 g/mol. The third kappa shape index (κ3) is 3.20. The Morgan fingerprint density at radius 2 is 2.21 bits per heavy atom. The number of likely N-dealkylation sites (N-methyl/N-ethyl adjacent to an activating group) is 1. The fraction of sp³-hybridized carbons (Fsp3) is 0.400. The standard InChI is InChI=1S/C15H20FN3/c1-4-19-10-12(9-18-19)8-15(17-3)14-6-5-13(16)7-11(14)2/h5-7,9-10,15,17H,4,8H2,1-3H3. The molecule has 1 aromatic carbocycles. The Kier molecular flexibility index (Phi) is 4.32. The van der Waals surface area contributed by atoms with Crippen molar-refractivity contribution in [3.05, 3.63) is 53.1 Å². The maximum Gasteiger partial charge on any atom is 0.123 e. The zero-order chi connectivity index (χ0) is 13.8. The molecule has 0 aliphatic rings. The summed E-state index contributed by atoms with van der Waals surface area (Å²) in [5.74, 6) is -0.185. The summed E-state index contributed by atoms with van der Waals surface area (Å²) >= 11 is 0. The molecule has 0 radical (unpaired) electrons. The molecule has 1 heterocycles. The van der Waals surface area contributed by atoms with Gasteiger partial charge in [-0.05, 0) is 56.1 Å². The second-order valence-electron chi connectivity index (χ2n) is 4.75. The van der Waals surface area contributed by atoms with Gasteiger partial charge in [-0.25, -0.2) is 4.39 Å². The minimum Gasteiger partial charge on any atom is -0.313 e. The second kappa shape index (κ2) is 5.97. The highest BCUT2D eigenvalue weighted by Crippen LogP contribution is 2.22. The van der Waals surface area contributed by atoms with Crippen molar-refractivity contribution >= 4 is 0 Å². The molecule has 3 nitrogen and oxygen atoms in total. The van der Waals surface area contributed by atoms with Crippen LogP contribution in [0.5, 0.6) is 0 Å². The summed E-state index contributed by atoms with van der Waals surface area (Å²) in [4.78, 5) is 0. The van der Waals surface area contributed by atoms with E-state index in [-0.39, 0.29) is 11.9 Å². The number of nitrogens with zero attached hydrogens (tertiary/aromatic N) is 2. The van der Waals surface area contributed by atoms with Gasteiger partial charge in [-0.1, -0.05) is 6.07 Å². The average molecular weight is 261 g/mol. The number of nitrogens with one attached hydrogen (secondary N) is 1. The molecule has 1 aromatic heterocycles. The Labute approximate surface area is 113 Å². The monoisotopic (exact) mass is 261 g/mol. The van der Waals surface area contributed by atoms with E-state index >= 15 is 0 Å². The van der Waals surface area contributed by atoms with Crippen LogP contribution < -0.4 is 5.32 Å². The lowest BCUT2D eigenvalue weighted by Crippen LogP contribution is -2.19. The van der Waals surface area contributed by atoms with Crippen molar-refractivity contribution < 1.29 is 4.39 Å². The summed E-state index contributed by atoms with van der Waals surface area (Å²) in [7, 11) is 1.93. The third-order valence-corrected chi connectivity index (χ3v) is 3.41. The molecule has 0 saturated heterocycles. The molecule has 19 heavy (non-hydrogen) atoms. The van der Waals surface area contributed by atoms with Gasteiger partial charge in [0.1, 0.15) is 5.82 Å². The molecule has 4 heteroatoms. The Hall–Kier alpha value is -1.68. The number of hydrogen-bond acceptors (Lipinski definition) is 2. The molecular formula is C15H20FN3. The first-order valence-electron chi connectivity index (χ1n) is 6.58. The van der Waals surface area contributed by atoms with Crippen molar-refractivity contribution in [2.75, 3.05) is 7.05 Å². The summed E-state index contributed by atoms with van der Waals surface area (Å²) < 4.78 is 15.1. The third-order valence-electron chi connectivity index (χ3n) is 3.41. The van der Waals surface area contributed by atoms with Crippen LogP contribution in [0.3, 0.4) is 0 Å². The molecule has 2 rings (SSSR count). The summed E-state index contributed by atoms with van der Waals surface area (Å²) in [6, 6.07) is 5.13. The normalized spacial score (nSPS) is 12.6. The molecule has 0 amide bonds. The molecule has 0 spiro atoms. The smallest absolute Gasteiger partial charge is 0.123 e. The van der Waals surface area contributed by atoms with Gasteiger partial charge in [0.25, 0.3) is 0 Å². The van der Waals surface area contributed by atoms with Crippen molar-refractivity contribution in [2.45, 2.75) is 32.9 Å². The maximum absolute atomic E-state index is 13.2. The van der Waals surface area contributed by atoms with E-state index in [2.05, 4.69) is 23.5 Å². The molecule has 0 aliphatic heterocycles. The largest absolute Gasteiger partial charge is 0.313 e. The number of aromatic nitrogens is 2. The van der Waals surface area contributed by atoms with Crippen LogP contribution in [0.15, 0.2) is 30.6 Å². The van der Waals surface area contributed by atoms with Crippen molar-refractivity contribution in [3.8, 4) is 0 Å². The van der Waals surface area contributed by atoms with Gasteiger partial charge in [0.2, 0.25) is 0 Å². The van der Waals surface area contributed by atoms with Gasteiger partial charge in [0.15, 0.2) is 0 Å². The lowest BCUT2D eigenvalue weighted by Gasteiger charge is -2.18. The topological polar surface area (TPSA) is 29.9 Å². The molecule has 0 saturated carbocycles. The van der Waals surface area contributed by atoms with Crippen LogP contribution in [0, 0.1) is 12.7 Å². The van der Waals surface area contributed by atoms with E-state index in [1.54, 1.807) is 6.07 Å². The first kappa shape index (κ1) is 13.7. The Morgan fingerprint density at radius 3 is 2.79 bits per heavy atom. The minimum atomic E-state index is -0.185. The fourth-order valence-corrected chi connectivity index (χ4v) is 2.32. The highest BCUT2D eigenvalue weighted by atomic mass is 19.1. The fourth-order valence-electron chi connectivity index (χ4n) is 2.32. The van der Waals surface area contributed by atoms with Crippen molar-refractivity contribution in [1.82, 2.24) is 15.1 Å². The van der Waals surface area contributed by atoms with Crippen LogP contribution in [0.1, 0.15) is 29.7 Å². The van der Waals surface area contributed by atoms with Crippen molar-refractivity contribution in [2.24, 2.45) is 0 Å². The molecule has 2 aromatic rings. The van der Waals surface area contributed by atoms with Crippen molar-refractivity contribution in [1.29, 1.82) is 0 Å². The number of halogens is 1. The van der Waals surface area contributed by atoms with Crippen LogP contribution in [0.4, 0.5) is 4.39 Å². The van der Waals surface area contributed by atoms with Crippen molar-refractivity contribution in [3.63, 3.8) is 0 Å². The Morgan fingerprint density at radius 1 is 1.42 bits per heavy atom. The lowest BCUT2D eigenvalue weighted by atomic mass is 9.96. The molecule has 0 aliphatic carbocycles. The average Bonchev–Trinajstić information content (AvgIpc) is 2.84. The zero-order valence-electron chi connectivity index (χ0n) is 11.7. The Balaban J connectivity index is 2.19. The maximum atomic E-state index is 13.2. The highest BCUT2D eigenvalue weighted by Gasteiger charge is 2.14. The van der Waals surface area contributed by atoms with Crippen LogP contribution in [-0.2, 0) is 13.0 Å².